The van der Waals surface area contributed by atoms with Crippen molar-refractivity contribution < 1.29 is 0 Å². The van der Waals surface area contributed by atoms with E-state index in [1.165, 1.54) is 44.5 Å². The fourth-order valence-corrected chi connectivity index (χ4v) is 9.03. The second kappa shape index (κ2) is 18.7. The highest BCUT2D eigenvalue weighted by Gasteiger charge is 2.31. The van der Waals surface area contributed by atoms with Crippen LogP contribution in [0.3, 0.4) is 0 Å². The predicted molar refractivity (Wildman–Crippen MR) is 219 cm³/mol. The van der Waals surface area contributed by atoms with Crippen LogP contribution < -0.4 is 56.5 Å². The second-order valence-electron chi connectivity index (χ2n) is 12.9. The lowest BCUT2D eigenvalue weighted by Crippen LogP contribution is -2.23. The lowest BCUT2D eigenvalue weighted by atomic mass is 9.99. The van der Waals surface area contributed by atoms with E-state index in [1.54, 1.807) is 0 Å². The molecule has 278 valence electrons. The molecule has 2 saturated heterocycles. The van der Waals surface area contributed by atoms with Crippen molar-refractivity contribution in [3.05, 3.63) is 105 Å². The molecular weight excluding hydrogens is 693 g/mol. The largest absolute Gasteiger partial charge is 0.370 e. The predicted octanol–water partition coefficient (Wildman–Crippen LogP) is 1.10. The van der Waals surface area contributed by atoms with Crippen LogP contribution in [0.1, 0.15) is 65.8 Å². The summed E-state index contributed by atoms with van der Waals surface area (Å²) in [4.78, 5) is 16.7. The molecule has 2 aliphatic rings. The molecule has 4 atom stereocenters. The Morgan fingerprint density at radius 1 is 0.481 bits per heavy atom. The summed E-state index contributed by atoms with van der Waals surface area (Å²) in [6.07, 6.45) is 2.97. The van der Waals surface area contributed by atoms with Gasteiger partial charge in [-0.25, -0.2) is 0 Å². The number of benzene rings is 3. The van der Waals surface area contributed by atoms with Crippen molar-refractivity contribution in [1.82, 2.24) is 10.6 Å². The van der Waals surface area contributed by atoms with Gasteiger partial charge in [-0.2, -0.15) is 0 Å². The molecule has 2 heterocycles. The van der Waals surface area contributed by atoms with Crippen molar-refractivity contribution in [3.63, 3.8) is 0 Å². The molecule has 0 aromatic heterocycles. The summed E-state index contributed by atoms with van der Waals surface area (Å²) in [6.45, 7) is 3.84. The van der Waals surface area contributed by atoms with Crippen LogP contribution in [0.25, 0.3) is 0 Å². The van der Waals surface area contributed by atoms with Crippen LogP contribution >= 0.6 is 23.5 Å². The summed E-state index contributed by atoms with van der Waals surface area (Å²) >= 11 is 3.87. The molecule has 2 aliphatic heterocycles. The van der Waals surface area contributed by atoms with Crippen LogP contribution in [-0.2, 0) is 25.7 Å². The highest BCUT2D eigenvalue weighted by molar-refractivity contribution is 8.00. The number of hydrogen-bond acceptors (Lipinski definition) is 8. The molecule has 2 fully saturated rings. The molecule has 14 nitrogen and oxygen atoms in total. The number of hydrogen-bond donors (Lipinski definition) is 10. The molecule has 0 amide bonds. The molecule has 0 aliphatic carbocycles. The quantitative estimate of drug-likeness (QED) is 0.0729. The van der Waals surface area contributed by atoms with E-state index in [0.717, 1.165) is 38.8 Å². The third-order valence-corrected chi connectivity index (χ3v) is 11.7. The van der Waals surface area contributed by atoms with Gasteiger partial charge in [0.1, 0.15) is 0 Å². The Morgan fingerprint density at radius 2 is 0.808 bits per heavy atom. The van der Waals surface area contributed by atoms with E-state index in [-0.39, 0.29) is 45.1 Å². The van der Waals surface area contributed by atoms with E-state index in [4.69, 9.17) is 45.9 Å². The number of nitrogens with one attached hydrogen (secondary N) is 2. The van der Waals surface area contributed by atoms with Gasteiger partial charge in [-0.15, -0.1) is 23.5 Å². The van der Waals surface area contributed by atoms with Crippen LogP contribution in [0.15, 0.2) is 80.6 Å². The molecule has 3 aromatic carbocycles. The van der Waals surface area contributed by atoms with Gasteiger partial charge in [0.15, 0.2) is 23.8 Å². The van der Waals surface area contributed by atoms with Gasteiger partial charge in [0.25, 0.3) is 0 Å². The molecule has 0 saturated carbocycles. The smallest absolute Gasteiger partial charge is 0.185 e. The zero-order valence-electron chi connectivity index (χ0n) is 29.4. The van der Waals surface area contributed by atoms with Gasteiger partial charge in [-0.3, -0.25) is 20.0 Å². The Kier molecular flexibility index (Phi) is 13.9. The average molecular weight is 745 g/mol. The van der Waals surface area contributed by atoms with Gasteiger partial charge in [0.05, 0.1) is 10.7 Å². The summed E-state index contributed by atoms with van der Waals surface area (Å²) in [5.41, 5.74) is 54.4. The van der Waals surface area contributed by atoms with E-state index < -0.39 is 0 Å². The first-order valence-electron chi connectivity index (χ1n) is 17.4. The van der Waals surface area contributed by atoms with Crippen LogP contribution in [0.4, 0.5) is 0 Å². The molecule has 16 heteroatoms. The van der Waals surface area contributed by atoms with Crippen molar-refractivity contribution in [2.75, 3.05) is 39.3 Å². The molecule has 52 heavy (non-hydrogen) atoms. The highest BCUT2D eigenvalue weighted by Crippen LogP contribution is 2.47. The molecular formula is C36H52N14S2. The molecule has 5 rings (SSSR count). The van der Waals surface area contributed by atoms with E-state index >= 15 is 0 Å². The normalized spacial score (nSPS) is 19.5. The van der Waals surface area contributed by atoms with E-state index in [1.807, 2.05) is 23.5 Å². The maximum absolute atomic E-state index is 5.57. The van der Waals surface area contributed by atoms with Crippen LogP contribution in [-0.4, -0.2) is 63.1 Å². The van der Waals surface area contributed by atoms with Crippen molar-refractivity contribution in [2.45, 2.75) is 46.9 Å². The highest BCUT2D eigenvalue weighted by atomic mass is 32.2. The Balaban J connectivity index is 1.27. The standard InChI is InChI=1S/C36H52N14S2/c37-33(38)45-8-4-21-12-22(5-9-46-34(39)40)15-27(14-21)29-19-49-31(51-29)25-2-1-3-26(18-25)32-50-20-30(52-32)28-16-23(6-10-47-35(41)42)13-24(17-28)7-11-48-36(43)44/h1-3,12-18,29-32,49-50H,4-11,19-20H2,(H4,37,38,45)(H4,39,40,46)(H4,41,42,47)(H4,43,44,48). The maximum atomic E-state index is 5.57. The Morgan fingerprint density at radius 3 is 1.12 bits per heavy atom. The number of guanidine groups is 4. The Bertz CT molecular complexity index is 1570. The fourth-order valence-electron chi connectivity index (χ4n) is 6.41. The summed E-state index contributed by atoms with van der Waals surface area (Å²) in [5.74, 6) is 0.396. The zero-order valence-corrected chi connectivity index (χ0v) is 31.0. The van der Waals surface area contributed by atoms with Crippen LogP contribution in [0.2, 0.25) is 0 Å². The van der Waals surface area contributed by atoms with Gasteiger partial charge in [0.2, 0.25) is 0 Å². The van der Waals surface area contributed by atoms with Gasteiger partial charge in [-0.1, -0.05) is 60.7 Å². The monoisotopic (exact) mass is 744 g/mol. The first kappa shape index (κ1) is 38.6. The first-order chi connectivity index (χ1) is 25.0. The third-order valence-electron chi connectivity index (χ3n) is 8.77. The molecule has 0 bridgehead atoms. The van der Waals surface area contributed by atoms with E-state index in [9.17, 15) is 0 Å². The number of thioether (sulfide) groups is 2. The Hall–Kier alpha value is -4.64. The second-order valence-corrected chi connectivity index (χ2v) is 15.5. The van der Waals surface area contributed by atoms with Crippen LogP contribution in [0, 0.1) is 0 Å². The molecule has 0 radical (unpaired) electrons. The fraction of sp³-hybridized carbons (Fsp3) is 0.389. The number of nitrogens with two attached hydrogens (primary N) is 8. The van der Waals surface area contributed by atoms with Gasteiger partial charge in [-0.05, 0) is 70.2 Å². The minimum atomic E-state index is 0.0989. The SMILES string of the molecule is NC(N)=NCCc1cc(CCN=C(N)N)cc(C2CNC(c3cccc(C4NCC(c5cc(CCN=C(N)N)cc(CCN=C(N)N)c5)S4)c3)S2)c1. The van der Waals surface area contributed by atoms with E-state index in [0.29, 0.717) is 26.2 Å². The van der Waals surface area contributed by atoms with Crippen molar-refractivity contribution in [3.8, 4) is 0 Å². The minimum absolute atomic E-state index is 0.0989. The summed E-state index contributed by atoms with van der Waals surface area (Å²) < 4.78 is 0. The third kappa shape index (κ3) is 11.7. The summed E-state index contributed by atoms with van der Waals surface area (Å²) in [5, 5.41) is 8.42. The first-order valence-corrected chi connectivity index (χ1v) is 19.3. The van der Waals surface area contributed by atoms with Gasteiger partial charge < -0.3 is 56.5 Å². The number of aliphatic imine (C=N–C) groups is 4. The maximum Gasteiger partial charge on any atom is 0.185 e. The summed E-state index contributed by atoms with van der Waals surface area (Å²) in [7, 11) is 0. The number of nitrogens with zero attached hydrogens (tertiary/aromatic N) is 4. The van der Waals surface area contributed by atoms with E-state index in [2.05, 4.69) is 91.3 Å². The average Bonchev–Trinajstić information content (AvgIpc) is 3.79. The van der Waals surface area contributed by atoms with Crippen molar-refractivity contribution >= 4 is 47.4 Å². The van der Waals surface area contributed by atoms with Gasteiger partial charge in [0, 0.05) is 49.8 Å². The summed E-state index contributed by atoms with van der Waals surface area (Å²) in [6, 6.07) is 22.4. The topological polar surface area (TPSA) is 282 Å². The molecule has 3 aromatic rings. The molecule has 18 N–H and O–H groups in total. The molecule has 4 unspecified atom stereocenters. The van der Waals surface area contributed by atoms with Gasteiger partial charge >= 0.3 is 0 Å². The number of rotatable bonds is 16. The van der Waals surface area contributed by atoms with Crippen molar-refractivity contribution in [1.29, 1.82) is 0 Å². The lowest BCUT2D eigenvalue weighted by molar-refractivity contribution is 0.701. The van der Waals surface area contributed by atoms with Crippen molar-refractivity contribution in [2.24, 2.45) is 65.8 Å². The lowest BCUT2D eigenvalue weighted by Gasteiger charge is -2.17. The minimum Gasteiger partial charge on any atom is -0.370 e. The Labute approximate surface area is 314 Å². The molecule has 0 spiro atoms. The zero-order chi connectivity index (χ0) is 37.0. The van der Waals surface area contributed by atoms with Crippen LogP contribution in [0.5, 0.6) is 0 Å².